The predicted octanol–water partition coefficient (Wildman–Crippen LogP) is 7.76. The summed E-state index contributed by atoms with van der Waals surface area (Å²) >= 11 is 5.89. The molecule has 3 rings (SSSR count). The first-order chi connectivity index (χ1) is 10.1. The van der Waals surface area contributed by atoms with E-state index >= 15 is 0 Å². The van der Waals surface area contributed by atoms with Gasteiger partial charge in [-0.15, -0.1) is 0 Å². The first-order valence-corrected chi connectivity index (χ1v) is 26.7. The van der Waals surface area contributed by atoms with Gasteiger partial charge in [0.2, 0.25) is 5.69 Å². The second-order valence-electron chi connectivity index (χ2n) is 6.06. The molecule has 1 aliphatic carbocycles. The van der Waals surface area contributed by atoms with E-state index in [1.54, 1.807) is 0 Å². The molecular formula is C13H16Cl7N2Sb. The molecule has 2 aliphatic rings. The molecule has 0 spiro atoms. The maximum absolute atomic E-state index is 5.89. The molecule has 1 saturated carbocycles. The summed E-state index contributed by atoms with van der Waals surface area (Å²) in [4.78, 5) is 0. The van der Waals surface area contributed by atoms with Gasteiger partial charge in [0, 0.05) is 17.2 Å². The van der Waals surface area contributed by atoms with Crippen LogP contribution in [0.3, 0.4) is 0 Å². The number of benzene rings is 1. The minimum absolute atomic E-state index is 0.194. The predicted molar refractivity (Wildman–Crippen MR) is 105 cm³/mol. The van der Waals surface area contributed by atoms with E-state index in [0.29, 0.717) is 0 Å². The summed E-state index contributed by atoms with van der Waals surface area (Å²) in [6.45, 7) is 3.36. The Morgan fingerprint density at radius 1 is 1.09 bits per heavy atom. The maximum atomic E-state index is 5.89. The van der Waals surface area contributed by atoms with E-state index in [1.165, 1.54) is 24.9 Å². The first-order valence-electron chi connectivity index (χ1n) is 6.95. The molecule has 0 N–H and O–H groups in total. The number of halogens is 7. The normalized spacial score (nSPS) is 29.7. The van der Waals surface area contributed by atoms with Gasteiger partial charge in [-0.25, -0.2) is 0 Å². The van der Waals surface area contributed by atoms with Crippen LogP contribution in [0.2, 0.25) is 5.02 Å². The molecular weight excluding hydrogens is 554 g/mol. The summed E-state index contributed by atoms with van der Waals surface area (Å²) in [6, 6.07) is 7.97. The van der Waals surface area contributed by atoms with Gasteiger partial charge in [-0.05, 0) is 37.0 Å². The van der Waals surface area contributed by atoms with Crippen molar-refractivity contribution < 1.29 is 4.70 Å². The third-order valence-corrected chi connectivity index (χ3v) is 4.23. The quantitative estimate of drug-likeness (QED) is 0.242. The van der Waals surface area contributed by atoms with Crippen LogP contribution in [-0.4, -0.2) is 25.9 Å². The molecule has 23 heavy (non-hydrogen) atoms. The van der Waals surface area contributed by atoms with E-state index in [1.807, 2.05) is 12.1 Å². The van der Waals surface area contributed by atoms with Crippen LogP contribution in [-0.2, 0) is 0 Å². The van der Waals surface area contributed by atoms with Crippen molar-refractivity contribution in [2.45, 2.75) is 31.7 Å². The average Bonchev–Trinajstić information content (AvgIpc) is 2.80. The number of azo groups is 2. The van der Waals surface area contributed by atoms with Gasteiger partial charge < -0.3 is 0 Å². The van der Waals surface area contributed by atoms with Crippen molar-refractivity contribution >= 4 is 79.4 Å². The standard InChI is InChI=1S/C13H16ClN2.6ClH.Sb/c1-13-8-2-3-10(13)9-16(15-13)12-6-4-11(14)5-7-12;;;;;;;/h4-7,10H,2-3,8-9H2,1H3;6*1H;/q+1;;;;;;;+5/p-6/t10-,13-;;;;;;;/m0......./s1. The van der Waals surface area contributed by atoms with Crippen LogP contribution >= 0.6 is 64.6 Å². The van der Waals surface area contributed by atoms with Gasteiger partial charge in [-0.2, -0.15) is 0 Å². The van der Waals surface area contributed by atoms with Crippen LogP contribution in [0.5, 0.6) is 0 Å². The van der Waals surface area contributed by atoms with Crippen molar-refractivity contribution in [1.82, 2.24) is 0 Å². The fraction of sp³-hybridized carbons (Fsp3) is 0.538. The number of rotatable bonds is 1. The van der Waals surface area contributed by atoms with Crippen molar-refractivity contribution in [3.63, 3.8) is 0 Å². The number of fused-ring (bicyclic) bond motifs is 1. The Morgan fingerprint density at radius 3 is 2.09 bits per heavy atom. The SMILES string of the molecule is C[C@]12CCC[C@H]1C[N+](c1ccc(Cl)cc1)=N2.[Cl][Sb-]([Cl])([Cl])([Cl])([Cl])[Cl]. The Morgan fingerprint density at radius 2 is 1.61 bits per heavy atom. The Labute approximate surface area is 161 Å². The van der Waals surface area contributed by atoms with Crippen molar-refractivity contribution in [3.8, 4) is 0 Å². The second-order valence-corrected chi connectivity index (χ2v) is 63.4. The van der Waals surface area contributed by atoms with Gasteiger partial charge >= 0.3 is 62.1 Å². The molecule has 2 nitrogen and oxygen atoms in total. The van der Waals surface area contributed by atoms with Gasteiger partial charge in [0.15, 0.2) is 6.54 Å². The monoisotopic (exact) mass is 566 g/mol. The topological polar surface area (TPSA) is 15.4 Å². The van der Waals surface area contributed by atoms with Gasteiger partial charge in [-0.1, -0.05) is 22.7 Å². The molecule has 1 aromatic carbocycles. The van der Waals surface area contributed by atoms with Gasteiger partial charge in [0.25, 0.3) is 0 Å². The van der Waals surface area contributed by atoms with E-state index in [0.717, 1.165) is 17.5 Å². The Balaban J connectivity index is 0.000000236. The van der Waals surface area contributed by atoms with E-state index in [-0.39, 0.29) is 5.54 Å². The van der Waals surface area contributed by atoms with Crippen LogP contribution < -0.4 is 0 Å². The van der Waals surface area contributed by atoms with Crippen LogP contribution in [0.15, 0.2) is 29.4 Å². The van der Waals surface area contributed by atoms with Gasteiger partial charge in [0.05, 0.1) is 5.92 Å². The average molecular weight is 570 g/mol. The Hall–Kier alpha value is 1.67. The summed E-state index contributed by atoms with van der Waals surface area (Å²) in [7, 11) is 25.0. The molecule has 1 fully saturated rings. The summed E-state index contributed by atoms with van der Waals surface area (Å²) in [5.41, 5.74) is 1.36. The minimum atomic E-state index is -5.42. The number of nitrogens with zero attached hydrogens (tertiary/aromatic N) is 2. The first kappa shape index (κ1) is 21.0. The second kappa shape index (κ2) is 6.38. The molecule has 132 valence electrons. The molecule has 0 bridgehead atoms. The number of hydrogen-bond donors (Lipinski definition) is 0. The fourth-order valence-corrected chi connectivity index (χ4v) is 3.07. The van der Waals surface area contributed by atoms with Gasteiger partial charge in [0.1, 0.15) is 5.54 Å². The molecule has 0 radical (unpaired) electrons. The van der Waals surface area contributed by atoms with E-state index < -0.39 is 9.14 Å². The van der Waals surface area contributed by atoms with E-state index in [2.05, 4.69) is 23.8 Å². The molecule has 10 heteroatoms. The summed E-state index contributed by atoms with van der Waals surface area (Å²) in [5.74, 6) is 0.739. The van der Waals surface area contributed by atoms with Crippen LogP contribution in [0.25, 0.3) is 0 Å². The fourth-order valence-electron chi connectivity index (χ4n) is 2.94. The van der Waals surface area contributed by atoms with Crippen molar-refractivity contribution in [1.29, 1.82) is 0 Å². The zero-order valence-corrected chi connectivity index (χ0v) is 20.0. The molecule has 1 aromatic rings. The molecule has 0 amide bonds. The van der Waals surface area contributed by atoms with Crippen LogP contribution in [0.4, 0.5) is 5.69 Å². The Bertz CT molecular complexity index is 612. The molecule has 0 saturated heterocycles. The molecule has 0 unspecified atom stereocenters. The van der Waals surface area contributed by atoms with Crippen molar-refractivity contribution in [2.75, 3.05) is 6.54 Å². The zero-order chi connectivity index (χ0) is 17.6. The van der Waals surface area contributed by atoms with Crippen LogP contribution in [0.1, 0.15) is 26.2 Å². The van der Waals surface area contributed by atoms with E-state index in [9.17, 15) is 0 Å². The van der Waals surface area contributed by atoms with Crippen molar-refractivity contribution in [3.05, 3.63) is 29.3 Å². The molecule has 1 aliphatic heterocycles. The summed E-state index contributed by atoms with van der Waals surface area (Å²) in [6.07, 6.45) is 3.89. The third kappa shape index (κ3) is 7.83. The van der Waals surface area contributed by atoms with Crippen molar-refractivity contribution in [2.24, 2.45) is 11.0 Å². The summed E-state index contributed by atoms with van der Waals surface area (Å²) < 4.78 is 2.15. The molecule has 2 atom stereocenters. The van der Waals surface area contributed by atoms with Gasteiger partial charge in [-0.3, -0.25) is 0 Å². The molecule has 1 heterocycles. The molecule has 0 aromatic heterocycles. The Kier molecular flexibility index (Phi) is 5.82. The third-order valence-electron chi connectivity index (χ3n) is 3.98. The van der Waals surface area contributed by atoms with Crippen LogP contribution in [0, 0.1) is 5.92 Å². The summed E-state index contributed by atoms with van der Waals surface area (Å²) in [5, 5.41) is 5.66. The zero-order valence-electron chi connectivity index (χ0n) is 12.2. The number of hydrogen-bond acceptors (Lipinski definition) is 1. The van der Waals surface area contributed by atoms with E-state index in [4.69, 9.17) is 69.7 Å².